The van der Waals surface area contributed by atoms with Gasteiger partial charge in [0, 0.05) is 17.6 Å². The molecule has 0 unspecified atom stereocenters. The molecule has 0 aromatic heterocycles. The Kier molecular flexibility index (Phi) is 8.00. The highest BCUT2D eigenvalue weighted by Crippen LogP contribution is 2.38. The average molecular weight is 487 g/mol. The number of rotatable bonds is 8. The van der Waals surface area contributed by atoms with Gasteiger partial charge in [-0.1, -0.05) is 38.4 Å². The summed E-state index contributed by atoms with van der Waals surface area (Å²) in [6, 6.07) is 8.25. The molecule has 160 valence electrons. The Morgan fingerprint density at radius 2 is 1.79 bits per heavy atom. The summed E-state index contributed by atoms with van der Waals surface area (Å²) in [6.45, 7) is 12.1. The van der Waals surface area contributed by atoms with Gasteiger partial charge in [-0.2, -0.15) is 0 Å². The van der Waals surface area contributed by atoms with Gasteiger partial charge in [-0.25, -0.2) is 4.39 Å². The summed E-state index contributed by atoms with van der Waals surface area (Å²) >= 11 is 9.68. The molecule has 0 amide bonds. The lowest BCUT2D eigenvalue weighted by molar-refractivity contribution is 0.240. The first-order chi connectivity index (χ1) is 13.4. The second-order valence-corrected chi connectivity index (χ2v) is 10.4. The van der Waals surface area contributed by atoms with E-state index in [0.29, 0.717) is 28.6 Å². The van der Waals surface area contributed by atoms with E-state index in [0.717, 1.165) is 16.5 Å². The van der Waals surface area contributed by atoms with Crippen molar-refractivity contribution in [2.24, 2.45) is 5.41 Å². The van der Waals surface area contributed by atoms with E-state index in [-0.39, 0.29) is 23.4 Å². The molecule has 0 atom stereocenters. The molecule has 0 bridgehead atoms. The second-order valence-electron chi connectivity index (χ2n) is 9.11. The molecule has 0 spiro atoms. The third kappa shape index (κ3) is 7.47. The van der Waals surface area contributed by atoms with Gasteiger partial charge in [0.25, 0.3) is 0 Å². The number of hydrogen-bond donors (Lipinski definition) is 1. The van der Waals surface area contributed by atoms with Crippen LogP contribution in [-0.4, -0.2) is 12.6 Å². The van der Waals surface area contributed by atoms with E-state index in [9.17, 15) is 4.39 Å². The fourth-order valence-corrected chi connectivity index (χ4v) is 4.36. The Morgan fingerprint density at radius 1 is 1.10 bits per heavy atom. The minimum Gasteiger partial charge on any atom is -0.493 e. The molecule has 2 aromatic carbocycles. The van der Waals surface area contributed by atoms with E-state index in [2.05, 4.69) is 55.9 Å². The number of hydrogen-bond acceptors (Lipinski definition) is 3. The molecular formula is C23H30BrClFNO2. The second kappa shape index (κ2) is 9.67. The van der Waals surface area contributed by atoms with Crippen LogP contribution in [0.5, 0.6) is 11.5 Å². The third-order valence-corrected chi connectivity index (χ3v) is 5.36. The molecule has 2 rings (SSSR count). The highest BCUT2D eigenvalue weighted by Gasteiger charge is 2.25. The average Bonchev–Trinajstić information content (AvgIpc) is 2.58. The van der Waals surface area contributed by atoms with Gasteiger partial charge in [0.2, 0.25) is 0 Å². The maximum Gasteiger partial charge on any atom is 0.175 e. The van der Waals surface area contributed by atoms with Crippen molar-refractivity contribution in [3.05, 3.63) is 56.8 Å². The molecule has 29 heavy (non-hydrogen) atoms. The SMILES string of the molecule is COc1cc(CNC(C)(C)CC(C)(C)C)cc(Br)c1OCc1ccc(F)cc1Cl. The van der Waals surface area contributed by atoms with Gasteiger partial charge < -0.3 is 14.8 Å². The zero-order valence-corrected chi connectivity index (χ0v) is 20.3. The van der Waals surface area contributed by atoms with E-state index in [4.69, 9.17) is 21.1 Å². The number of ether oxygens (including phenoxy) is 2. The van der Waals surface area contributed by atoms with Gasteiger partial charge in [-0.05, 0) is 71.4 Å². The standard InChI is InChI=1S/C23H30BrClFNO2/c1-22(2,3)14-23(4,5)27-12-15-9-18(24)21(20(10-15)28-6)29-13-16-7-8-17(26)11-19(16)25/h7-11,27H,12-14H2,1-6H3. The van der Waals surface area contributed by atoms with Crippen LogP contribution in [0.15, 0.2) is 34.8 Å². The molecule has 0 aliphatic rings. The fraction of sp³-hybridized carbons (Fsp3) is 0.478. The largest absolute Gasteiger partial charge is 0.493 e. The van der Waals surface area contributed by atoms with Crippen molar-refractivity contribution in [1.82, 2.24) is 5.32 Å². The van der Waals surface area contributed by atoms with Gasteiger partial charge in [-0.3, -0.25) is 0 Å². The summed E-state index contributed by atoms with van der Waals surface area (Å²) in [6.07, 6.45) is 1.05. The van der Waals surface area contributed by atoms with Crippen LogP contribution in [0.1, 0.15) is 52.2 Å². The van der Waals surface area contributed by atoms with Crippen LogP contribution in [0.2, 0.25) is 5.02 Å². The van der Waals surface area contributed by atoms with Gasteiger partial charge in [-0.15, -0.1) is 0 Å². The Morgan fingerprint density at radius 3 is 2.38 bits per heavy atom. The normalized spacial score (nSPS) is 12.2. The molecule has 0 saturated carbocycles. The van der Waals surface area contributed by atoms with Crippen molar-refractivity contribution < 1.29 is 13.9 Å². The van der Waals surface area contributed by atoms with Crippen LogP contribution in [-0.2, 0) is 13.2 Å². The fourth-order valence-electron chi connectivity index (χ4n) is 3.53. The summed E-state index contributed by atoms with van der Waals surface area (Å²) in [5.74, 6) is 0.845. The predicted molar refractivity (Wildman–Crippen MR) is 121 cm³/mol. The summed E-state index contributed by atoms with van der Waals surface area (Å²) in [4.78, 5) is 0. The summed E-state index contributed by atoms with van der Waals surface area (Å²) in [5, 5.41) is 3.97. The van der Waals surface area contributed by atoms with Crippen LogP contribution < -0.4 is 14.8 Å². The smallest absolute Gasteiger partial charge is 0.175 e. The molecule has 3 nitrogen and oxygen atoms in total. The van der Waals surface area contributed by atoms with Gasteiger partial charge >= 0.3 is 0 Å². The molecule has 1 N–H and O–H groups in total. The van der Waals surface area contributed by atoms with Crippen molar-refractivity contribution in [2.75, 3.05) is 7.11 Å². The molecule has 0 saturated heterocycles. The highest BCUT2D eigenvalue weighted by atomic mass is 79.9. The Labute approximate surface area is 187 Å². The summed E-state index contributed by atoms with van der Waals surface area (Å²) in [5.41, 5.74) is 2.04. The molecule has 0 fully saturated rings. The van der Waals surface area contributed by atoms with Crippen molar-refractivity contribution in [1.29, 1.82) is 0 Å². The van der Waals surface area contributed by atoms with Gasteiger partial charge in [0.15, 0.2) is 11.5 Å². The zero-order valence-electron chi connectivity index (χ0n) is 18.0. The first-order valence-corrected chi connectivity index (χ1v) is 10.8. The number of methoxy groups -OCH3 is 1. The maximum absolute atomic E-state index is 13.2. The van der Waals surface area contributed by atoms with Crippen LogP contribution in [0.3, 0.4) is 0 Å². The van der Waals surface area contributed by atoms with E-state index < -0.39 is 0 Å². The van der Waals surface area contributed by atoms with Gasteiger partial charge in [0.05, 0.1) is 16.6 Å². The van der Waals surface area contributed by atoms with Crippen molar-refractivity contribution in [3.63, 3.8) is 0 Å². The first-order valence-electron chi connectivity index (χ1n) is 9.58. The highest BCUT2D eigenvalue weighted by molar-refractivity contribution is 9.10. The van der Waals surface area contributed by atoms with E-state index in [1.165, 1.54) is 12.1 Å². The summed E-state index contributed by atoms with van der Waals surface area (Å²) in [7, 11) is 1.61. The minimum atomic E-state index is -0.372. The van der Waals surface area contributed by atoms with Crippen LogP contribution in [0.4, 0.5) is 4.39 Å². The van der Waals surface area contributed by atoms with Crippen LogP contribution >= 0.6 is 27.5 Å². The van der Waals surface area contributed by atoms with Gasteiger partial charge in [0.1, 0.15) is 12.4 Å². The predicted octanol–water partition coefficient (Wildman–Crippen LogP) is 7.13. The van der Waals surface area contributed by atoms with E-state index in [1.54, 1.807) is 13.2 Å². The Balaban J connectivity index is 2.12. The van der Waals surface area contributed by atoms with Crippen LogP contribution in [0.25, 0.3) is 0 Å². The Bertz CT molecular complexity index is 850. The Hall–Kier alpha value is -1.30. The van der Waals surface area contributed by atoms with E-state index in [1.807, 2.05) is 12.1 Å². The quantitative estimate of drug-likeness (QED) is 0.430. The molecule has 0 radical (unpaired) electrons. The molecule has 2 aromatic rings. The molecule has 0 aliphatic carbocycles. The van der Waals surface area contributed by atoms with Crippen molar-refractivity contribution in [2.45, 2.75) is 59.7 Å². The van der Waals surface area contributed by atoms with Crippen molar-refractivity contribution >= 4 is 27.5 Å². The van der Waals surface area contributed by atoms with E-state index >= 15 is 0 Å². The maximum atomic E-state index is 13.2. The molecule has 0 aliphatic heterocycles. The lowest BCUT2D eigenvalue weighted by Gasteiger charge is -2.33. The monoisotopic (exact) mass is 485 g/mol. The molecular weight excluding hydrogens is 457 g/mol. The lowest BCUT2D eigenvalue weighted by atomic mass is 9.82. The number of benzene rings is 2. The lowest BCUT2D eigenvalue weighted by Crippen LogP contribution is -2.41. The third-order valence-electron chi connectivity index (χ3n) is 4.42. The zero-order chi connectivity index (χ0) is 21.8. The number of nitrogens with one attached hydrogen (secondary N) is 1. The molecule has 0 heterocycles. The minimum absolute atomic E-state index is 0.00641. The summed E-state index contributed by atoms with van der Waals surface area (Å²) < 4.78 is 25.5. The van der Waals surface area contributed by atoms with Crippen molar-refractivity contribution in [3.8, 4) is 11.5 Å². The van der Waals surface area contributed by atoms with Crippen LogP contribution in [0, 0.1) is 11.2 Å². The number of halogens is 3. The topological polar surface area (TPSA) is 30.5 Å². The first kappa shape index (κ1) is 24.0. The molecule has 6 heteroatoms.